The summed E-state index contributed by atoms with van der Waals surface area (Å²) in [7, 11) is 0. The van der Waals surface area contributed by atoms with E-state index in [4.69, 9.17) is 11.6 Å². The number of rotatable bonds is 2. The van der Waals surface area contributed by atoms with Crippen molar-refractivity contribution in [2.24, 2.45) is 4.99 Å². The number of halogens is 1. The molecule has 1 aromatic rings. The minimum absolute atomic E-state index is 0.620. The molecule has 80 valence electrons. The third kappa shape index (κ3) is 2.67. The largest absolute Gasteiger partial charge is 0.334 e. The topological polar surface area (TPSA) is 24.4 Å². The highest BCUT2D eigenvalue weighted by Crippen LogP contribution is 2.27. The lowest BCUT2D eigenvalue weighted by molar-refractivity contribution is 0.843. The van der Waals surface area contributed by atoms with Crippen molar-refractivity contribution in [3.8, 4) is 0 Å². The van der Waals surface area contributed by atoms with Crippen LogP contribution in [0.15, 0.2) is 29.3 Å². The maximum Gasteiger partial charge on any atom is 0.161 e. The number of aliphatic imine (C=N–C) groups is 1. The maximum absolute atomic E-state index is 6.05. The summed E-state index contributed by atoms with van der Waals surface area (Å²) < 4.78 is 0. The molecular weight excluding hydrogens is 228 g/mol. The summed E-state index contributed by atoms with van der Waals surface area (Å²) in [6.45, 7) is 3.10. The van der Waals surface area contributed by atoms with Crippen molar-refractivity contribution in [2.45, 2.75) is 18.6 Å². The second-order valence-electron chi connectivity index (χ2n) is 3.40. The molecule has 4 heteroatoms. The summed E-state index contributed by atoms with van der Waals surface area (Å²) in [5.41, 5.74) is 0.933. The summed E-state index contributed by atoms with van der Waals surface area (Å²) in [4.78, 5) is 4.43. The van der Waals surface area contributed by atoms with Crippen LogP contribution in [0.2, 0.25) is 5.02 Å². The van der Waals surface area contributed by atoms with Gasteiger partial charge in [-0.15, -0.1) is 0 Å². The fourth-order valence-corrected chi connectivity index (χ4v) is 2.51. The van der Waals surface area contributed by atoms with Crippen LogP contribution in [0.5, 0.6) is 0 Å². The first-order chi connectivity index (χ1) is 7.29. The van der Waals surface area contributed by atoms with E-state index in [1.807, 2.05) is 24.3 Å². The highest BCUT2D eigenvalue weighted by molar-refractivity contribution is 8.15. The summed E-state index contributed by atoms with van der Waals surface area (Å²) in [5.74, 6) is 0. The predicted molar refractivity (Wildman–Crippen MR) is 69.0 cm³/mol. The SMILES string of the molecule is CCC1CN=C(Nc2ccccc2Cl)S1. The Kier molecular flexibility index (Phi) is 3.54. The molecule has 0 spiro atoms. The van der Waals surface area contributed by atoms with E-state index in [1.165, 1.54) is 0 Å². The summed E-state index contributed by atoms with van der Waals surface area (Å²) in [5, 5.41) is 5.59. The van der Waals surface area contributed by atoms with Crippen LogP contribution < -0.4 is 5.32 Å². The van der Waals surface area contributed by atoms with Crippen molar-refractivity contribution in [1.82, 2.24) is 0 Å². The van der Waals surface area contributed by atoms with Crippen molar-refractivity contribution in [2.75, 3.05) is 11.9 Å². The standard InChI is InChI=1S/C11H13ClN2S/c1-2-8-7-13-11(15-8)14-10-6-4-3-5-9(10)12/h3-6,8H,2,7H2,1H3,(H,13,14). The second-order valence-corrected chi connectivity index (χ2v) is 5.10. The molecular formula is C11H13ClN2S. The molecule has 2 rings (SSSR count). The highest BCUT2D eigenvalue weighted by Gasteiger charge is 2.17. The van der Waals surface area contributed by atoms with E-state index in [1.54, 1.807) is 11.8 Å². The lowest BCUT2D eigenvalue weighted by atomic mass is 10.3. The van der Waals surface area contributed by atoms with Gasteiger partial charge >= 0.3 is 0 Å². The van der Waals surface area contributed by atoms with E-state index in [-0.39, 0.29) is 0 Å². The quantitative estimate of drug-likeness (QED) is 0.854. The van der Waals surface area contributed by atoms with Gasteiger partial charge in [0.25, 0.3) is 0 Å². The van der Waals surface area contributed by atoms with Gasteiger partial charge in [0.2, 0.25) is 0 Å². The zero-order chi connectivity index (χ0) is 10.7. The van der Waals surface area contributed by atoms with Gasteiger partial charge in [-0.25, -0.2) is 0 Å². The lowest BCUT2D eigenvalue weighted by Crippen LogP contribution is -2.07. The van der Waals surface area contributed by atoms with Gasteiger partial charge in [-0.1, -0.05) is 42.4 Å². The molecule has 15 heavy (non-hydrogen) atoms. The fourth-order valence-electron chi connectivity index (χ4n) is 1.38. The number of para-hydroxylation sites is 1. The number of nitrogens with one attached hydrogen (secondary N) is 1. The Morgan fingerprint density at radius 1 is 1.53 bits per heavy atom. The Hall–Kier alpha value is -0.670. The smallest absolute Gasteiger partial charge is 0.161 e. The van der Waals surface area contributed by atoms with Crippen molar-refractivity contribution in [3.63, 3.8) is 0 Å². The van der Waals surface area contributed by atoms with Crippen LogP contribution in [-0.2, 0) is 0 Å². The van der Waals surface area contributed by atoms with Gasteiger partial charge < -0.3 is 5.32 Å². The van der Waals surface area contributed by atoms with Crippen LogP contribution in [0.25, 0.3) is 0 Å². The van der Waals surface area contributed by atoms with Crippen LogP contribution >= 0.6 is 23.4 Å². The van der Waals surface area contributed by atoms with E-state index in [9.17, 15) is 0 Å². The third-order valence-electron chi connectivity index (χ3n) is 2.29. The molecule has 0 saturated heterocycles. The molecule has 0 aliphatic carbocycles. The van der Waals surface area contributed by atoms with E-state index in [0.29, 0.717) is 5.25 Å². The van der Waals surface area contributed by atoms with E-state index >= 15 is 0 Å². The van der Waals surface area contributed by atoms with Crippen molar-refractivity contribution < 1.29 is 0 Å². The molecule has 1 unspecified atom stereocenters. The number of benzene rings is 1. The highest BCUT2D eigenvalue weighted by atomic mass is 35.5. The molecule has 1 aromatic carbocycles. The van der Waals surface area contributed by atoms with Gasteiger partial charge in [-0.3, -0.25) is 4.99 Å². The molecule has 0 amide bonds. The molecule has 0 saturated carbocycles. The minimum Gasteiger partial charge on any atom is -0.334 e. The van der Waals surface area contributed by atoms with E-state index in [0.717, 1.165) is 28.8 Å². The first-order valence-corrected chi connectivity index (χ1v) is 6.28. The number of amidine groups is 1. The number of hydrogen-bond donors (Lipinski definition) is 1. The lowest BCUT2D eigenvalue weighted by Gasteiger charge is -2.08. The number of hydrogen-bond acceptors (Lipinski definition) is 3. The van der Waals surface area contributed by atoms with Crippen LogP contribution in [0.1, 0.15) is 13.3 Å². The van der Waals surface area contributed by atoms with Crippen LogP contribution in [0.3, 0.4) is 0 Å². The van der Waals surface area contributed by atoms with Gasteiger partial charge in [0.05, 0.1) is 17.3 Å². The number of thioether (sulfide) groups is 1. The molecule has 1 aliphatic heterocycles. The average Bonchev–Trinajstić information content (AvgIpc) is 2.69. The van der Waals surface area contributed by atoms with E-state index in [2.05, 4.69) is 17.2 Å². The van der Waals surface area contributed by atoms with Crippen molar-refractivity contribution >= 4 is 34.2 Å². The van der Waals surface area contributed by atoms with Crippen LogP contribution in [-0.4, -0.2) is 17.0 Å². The Bertz CT molecular complexity index is 379. The Morgan fingerprint density at radius 3 is 3.00 bits per heavy atom. The molecule has 0 bridgehead atoms. The molecule has 1 atom stereocenters. The monoisotopic (exact) mass is 240 g/mol. The molecule has 0 fully saturated rings. The van der Waals surface area contributed by atoms with Gasteiger partial charge in [0, 0.05) is 5.25 Å². The van der Waals surface area contributed by atoms with Gasteiger partial charge in [0.15, 0.2) is 5.17 Å². The van der Waals surface area contributed by atoms with E-state index < -0.39 is 0 Å². The fraction of sp³-hybridized carbons (Fsp3) is 0.364. The van der Waals surface area contributed by atoms with Crippen molar-refractivity contribution in [3.05, 3.63) is 29.3 Å². The second kappa shape index (κ2) is 4.90. The zero-order valence-electron chi connectivity index (χ0n) is 8.53. The third-order valence-corrected chi connectivity index (χ3v) is 3.89. The molecule has 1 N–H and O–H groups in total. The van der Waals surface area contributed by atoms with Crippen LogP contribution in [0.4, 0.5) is 5.69 Å². The number of anilines is 1. The zero-order valence-corrected chi connectivity index (χ0v) is 10.1. The number of nitrogens with zero attached hydrogens (tertiary/aromatic N) is 1. The molecule has 2 nitrogen and oxygen atoms in total. The Balaban J connectivity index is 2.02. The first-order valence-electron chi connectivity index (χ1n) is 5.02. The van der Waals surface area contributed by atoms with Gasteiger partial charge in [-0.2, -0.15) is 0 Å². The summed E-state index contributed by atoms with van der Waals surface area (Å²) >= 11 is 7.84. The van der Waals surface area contributed by atoms with Gasteiger partial charge in [-0.05, 0) is 18.6 Å². The summed E-state index contributed by atoms with van der Waals surface area (Å²) in [6, 6.07) is 7.73. The van der Waals surface area contributed by atoms with Crippen molar-refractivity contribution in [1.29, 1.82) is 0 Å². The Morgan fingerprint density at radius 2 is 2.33 bits per heavy atom. The first kappa shape index (κ1) is 10.8. The summed E-state index contributed by atoms with van der Waals surface area (Å²) in [6.07, 6.45) is 1.15. The normalized spacial score (nSPS) is 20.1. The molecule has 0 aromatic heterocycles. The molecule has 1 heterocycles. The Labute approximate surface area is 99.1 Å². The molecule has 0 radical (unpaired) electrons. The predicted octanol–water partition coefficient (Wildman–Crippen LogP) is 3.63. The minimum atomic E-state index is 0.620. The molecule has 1 aliphatic rings. The van der Waals surface area contributed by atoms with Gasteiger partial charge in [0.1, 0.15) is 0 Å². The average molecular weight is 241 g/mol. The maximum atomic E-state index is 6.05. The van der Waals surface area contributed by atoms with Crippen LogP contribution in [0, 0.1) is 0 Å².